The Balaban J connectivity index is 1.81. The van der Waals surface area contributed by atoms with Crippen molar-refractivity contribution < 1.29 is 4.79 Å². The van der Waals surface area contributed by atoms with Crippen LogP contribution in [0.2, 0.25) is 0 Å². The van der Waals surface area contributed by atoms with Crippen molar-refractivity contribution >= 4 is 11.6 Å². The predicted octanol–water partition coefficient (Wildman–Crippen LogP) is 1.11. The van der Waals surface area contributed by atoms with Gasteiger partial charge < -0.3 is 14.8 Å². The van der Waals surface area contributed by atoms with Gasteiger partial charge >= 0.3 is 0 Å². The zero-order valence-corrected chi connectivity index (χ0v) is 13.1. The summed E-state index contributed by atoms with van der Waals surface area (Å²) in [5, 5.41) is 12.2. The number of nitrogens with zero attached hydrogens (tertiary/aromatic N) is 5. The normalized spacial score (nSPS) is 20.3. The number of imidazole rings is 1. The first kappa shape index (κ1) is 15.0. The van der Waals surface area contributed by atoms with Crippen molar-refractivity contribution in [2.75, 3.05) is 18.4 Å². The van der Waals surface area contributed by atoms with E-state index in [9.17, 15) is 4.79 Å². The number of carbonyl (C=O) groups is 1. The first-order chi connectivity index (χ1) is 11.1. The molecule has 0 spiro atoms. The lowest BCUT2D eigenvalue weighted by molar-refractivity contribution is -0.127. The van der Waals surface area contributed by atoms with Gasteiger partial charge in [0.05, 0.1) is 29.9 Å². The molecule has 1 amide bonds. The number of carbonyl (C=O) groups excluding carboxylic acids is 1. The molecule has 0 bridgehead atoms. The van der Waals surface area contributed by atoms with E-state index < -0.39 is 0 Å². The molecule has 0 unspecified atom stereocenters. The van der Waals surface area contributed by atoms with Crippen LogP contribution in [0, 0.1) is 11.3 Å². The molecule has 2 atom stereocenters. The van der Waals surface area contributed by atoms with Crippen LogP contribution in [-0.4, -0.2) is 44.5 Å². The van der Waals surface area contributed by atoms with Crippen LogP contribution in [0.3, 0.4) is 0 Å². The molecule has 1 saturated heterocycles. The topological polar surface area (TPSA) is 86.8 Å². The van der Waals surface area contributed by atoms with Crippen molar-refractivity contribution in [3.05, 3.63) is 42.2 Å². The fourth-order valence-electron chi connectivity index (χ4n) is 2.89. The molecular formula is C16H18N6O. The van der Waals surface area contributed by atoms with Crippen molar-refractivity contribution in [3.63, 3.8) is 0 Å². The van der Waals surface area contributed by atoms with E-state index in [2.05, 4.69) is 15.3 Å². The second kappa shape index (κ2) is 6.08. The highest BCUT2D eigenvalue weighted by atomic mass is 16.2. The molecule has 2 aromatic heterocycles. The SMILES string of the molecule is CC(=O)N1C[C@@H](Nc2ccc(C#N)nc2)[C@H](c2cn(C)cn2)C1. The maximum atomic E-state index is 11.7. The molecule has 23 heavy (non-hydrogen) atoms. The van der Waals surface area contributed by atoms with Gasteiger partial charge in [-0.05, 0) is 12.1 Å². The van der Waals surface area contributed by atoms with E-state index in [1.807, 2.05) is 34.8 Å². The summed E-state index contributed by atoms with van der Waals surface area (Å²) in [6.45, 7) is 2.85. The van der Waals surface area contributed by atoms with Gasteiger partial charge in [-0.15, -0.1) is 0 Å². The Bertz CT molecular complexity index is 745. The maximum absolute atomic E-state index is 11.7. The summed E-state index contributed by atoms with van der Waals surface area (Å²) in [5.41, 5.74) is 2.18. The Morgan fingerprint density at radius 3 is 2.78 bits per heavy atom. The Morgan fingerprint density at radius 1 is 1.39 bits per heavy atom. The predicted molar refractivity (Wildman–Crippen MR) is 84.6 cm³/mol. The van der Waals surface area contributed by atoms with E-state index in [0.717, 1.165) is 11.4 Å². The minimum Gasteiger partial charge on any atom is -0.379 e. The van der Waals surface area contributed by atoms with E-state index in [4.69, 9.17) is 5.26 Å². The van der Waals surface area contributed by atoms with Gasteiger partial charge in [-0.2, -0.15) is 5.26 Å². The van der Waals surface area contributed by atoms with E-state index >= 15 is 0 Å². The fraction of sp³-hybridized carbons (Fsp3) is 0.375. The number of hydrogen-bond donors (Lipinski definition) is 1. The van der Waals surface area contributed by atoms with Crippen LogP contribution in [0.5, 0.6) is 0 Å². The van der Waals surface area contributed by atoms with Gasteiger partial charge in [0.25, 0.3) is 0 Å². The third-order valence-corrected chi connectivity index (χ3v) is 4.10. The average Bonchev–Trinajstić information content (AvgIpc) is 3.14. The first-order valence-corrected chi connectivity index (χ1v) is 7.43. The van der Waals surface area contributed by atoms with Crippen molar-refractivity contribution in [1.29, 1.82) is 5.26 Å². The monoisotopic (exact) mass is 310 g/mol. The lowest BCUT2D eigenvalue weighted by Gasteiger charge is -2.19. The van der Waals surface area contributed by atoms with Crippen LogP contribution >= 0.6 is 0 Å². The Hall–Kier alpha value is -2.88. The van der Waals surface area contributed by atoms with Crippen LogP contribution < -0.4 is 5.32 Å². The third kappa shape index (κ3) is 3.16. The summed E-state index contributed by atoms with van der Waals surface area (Å²) in [4.78, 5) is 22.1. The maximum Gasteiger partial charge on any atom is 0.219 e. The van der Waals surface area contributed by atoms with Crippen molar-refractivity contribution in [3.8, 4) is 6.07 Å². The molecule has 1 fully saturated rings. The average molecular weight is 310 g/mol. The molecule has 3 rings (SSSR count). The van der Waals surface area contributed by atoms with Gasteiger partial charge in [0.15, 0.2) is 0 Å². The molecule has 3 heterocycles. The van der Waals surface area contributed by atoms with Crippen LogP contribution in [0.15, 0.2) is 30.9 Å². The lowest BCUT2D eigenvalue weighted by atomic mass is 10.0. The largest absolute Gasteiger partial charge is 0.379 e. The van der Waals surface area contributed by atoms with Crippen LogP contribution in [0.25, 0.3) is 0 Å². The second-order valence-electron chi connectivity index (χ2n) is 5.79. The van der Waals surface area contributed by atoms with Gasteiger partial charge in [0.2, 0.25) is 5.91 Å². The first-order valence-electron chi connectivity index (χ1n) is 7.43. The minimum atomic E-state index is 0.0588. The van der Waals surface area contributed by atoms with Crippen LogP contribution in [0.4, 0.5) is 5.69 Å². The molecule has 7 nitrogen and oxygen atoms in total. The van der Waals surface area contributed by atoms with E-state index in [0.29, 0.717) is 18.8 Å². The molecule has 0 aliphatic carbocycles. The van der Waals surface area contributed by atoms with Gasteiger partial charge in [-0.25, -0.2) is 9.97 Å². The Morgan fingerprint density at radius 2 is 2.22 bits per heavy atom. The molecule has 0 radical (unpaired) electrons. The minimum absolute atomic E-state index is 0.0588. The molecule has 1 aliphatic rings. The van der Waals surface area contributed by atoms with Crippen LogP contribution in [-0.2, 0) is 11.8 Å². The fourth-order valence-corrected chi connectivity index (χ4v) is 2.89. The Labute approximate surface area is 134 Å². The number of aromatic nitrogens is 3. The summed E-state index contributed by atoms with van der Waals surface area (Å²) in [7, 11) is 1.93. The number of amides is 1. The molecule has 7 heteroatoms. The highest BCUT2D eigenvalue weighted by Crippen LogP contribution is 2.29. The number of nitrogens with one attached hydrogen (secondary N) is 1. The number of pyridine rings is 1. The third-order valence-electron chi connectivity index (χ3n) is 4.10. The number of nitriles is 1. The Kier molecular flexibility index (Phi) is 3.98. The summed E-state index contributed by atoms with van der Waals surface area (Å²) in [6.07, 6.45) is 5.40. The molecule has 1 N–H and O–H groups in total. The molecule has 0 aromatic carbocycles. The summed E-state index contributed by atoms with van der Waals surface area (Å²) < 4.78 is 1.91. The van der Waals surface area contributed by atoms with Gasteiger partial charge in [0, 0.05) is 39.2 Å². The number of rotatable bonds is 3. The zero-order valence-electron chi connectivity index (χ0n) is 13.1. The highest BCUT2D eigenvalue weighted by Gasteiger charge is 2.36. The number of hydrogen-bond acceptors (Lipinski definition) is 5. The summed E-state index contributed by atoms with van der Waals surface area (Å²) in [6, 6.07) is 5.57. The van der Waals surface area contributed by atoms with Gasteiger partial charge in [0.1, 0.15) is 11.8 Å². The van der Waals surface area contributed by atoms with Gasteiger partial charge in [-0.1, -0.05) is 0 Å². The van der Waals surface area contributed by atoms with Crippen LogP contribution in [0.1, 0.15) is 24.2 Å². The smallest absolute Gasteiger partial charge is 0.219 e. The molecular weight excluding hydrogens is 292 g/mol. The number of likely N-dealkylation sites (tertiary alicyclic amines) is 1. The van der Waals surface area contributed by atoms with E-state index in [1.165, 1.54) is 0 Å². The molecule has 2 aromatic rings. The summed E-state index contributed by atoms with van der Waals surface area (Å²) in [5.74, 6) is 0.184. The van der Waals surface area contributed by atoms with Crippen molar-refractivity contribution in [1.82, 2.24) is 19.4 Å². The molecule has 1 aliphatic heterocycles. The van der Waals surface area contributed by atoms with E-state index in [-0.39, 0.29) is 17.9 Å². The van der Waals surface area contributed by atoms with Crippen molar-refractivity contribution in [2.24, 2.45) is 7.05 Å². The second-order valence-corrected chi connectivity index (χ2v) is 5.79. The highest BCUT2D eigenvalue weighted by molar-refractivity contribution is 5.74. The lowest BCUT2D eigenvalue weighted by Crippen LogP contribution is -2.30. The quantitative estimate of drug-likeness (QED) is 0.918. The molecule has 118 valence electrons. The summed E-state index contributed by atoms with van der Waals surface area (Å²) >= 11 is 0. The number of aryl methyl sites for hydroxylation is 1. The van der Waals surface area contributed by atoms with Crippen molar-refractivity contribution in [2.45, 2.75) is 18.9 Å². The van der Waals surface area contributed by atoms with Gasteiger partial charge in [-0.3, -0.25) is 4.79 Å². The van der Waals surface area contributed by atoms with E-state index in [1.54, 1.807) is 25.5 Å². The standard InChI is InChI=1S/C16H18N6O/c1-11(23)22-7-14(15-8-21(2)10-19-15)16(9-22)20-13-4-3-12(5-17)18-6-13/h3-4,6,8,10,14,16,20H,7,9H2,1-2H3/t14-,16+/m0/s1. The molecule has 0 saturated carbocycles. The number of anilines is 1. The zero-order chi connectivity index (χ0) is 16.4.